The van der Waals surface area contributed by atoms with Gasteiger partial charge in [-0.2, -0.15) is 0 Å². The minimum atomic E-state index is -0.0488. The van der Waals surface area contributed by atoms with Crippen molar-refractivity contribution in [1.29, 1.82) is 0 Å². The van der Waals surface area contributed by atoms with Crippen molar-refractivity contribution in [3.05, 3.63) is 0 Å². The van der Waals surface area contributed by atoms with Gasteiger partial charge in [-0.3, -0.25) is 4.79 Å². The lowest BCUT2D eigenvalue weighted by atomic mass is 9.93. The molecular formula is C13H25NO2. The summed E-state index contributed by atoms with van der Waals surface area (Å²) in [6.45, 7) is 2.35. The quantitative estimate of drug-likeness (QED) is 0.653. The molecule has 0 saturated heterocycles. The van der Waals surface area contributed by atoms with Crippen LogP contribution in [0.5, 0.6) is 0 Å². The molecule has 0 aliphatic heterocycles. The fourth-order valence-electron chi connectivity index (χ4n) is 2.76. The average Bonchev–Trinajstić information content (AvgIpc) is 2.71. The van der Waals surface area contributed by atoms with Crippen LogP contribution in [-0.4, -0.2) is 37.6 Å². The van der Waals surface area contributed by atoms with Crippen molar-refractivity contribution in [2.75, 3.05) is 20.7 Å². The van der Waals surface area contributed by atoms with Crippen LogP contribution in [0.4, 0.5) is 0 Å². The van der Waals surface area contributed by atoms with Gasteiger partial charge in [0.25, 0.3) is 0 Å². The molecule has 1 atom stereocenters. The Bertz CT molecular complexity index is 210. The van der Waals surface area contributed by atoms with Gasteiger partial charge in [-0.05, 0) is 46.2 Å². The lowest BCUT2D eigenvalue weighted by Crippen LogP contribution is -2.34. The monoisotopic (exact) mass is 227 g/mol. The van der Waals surface area contributed by atoms with Crippen molar-refractivity contribution in [1.82, 2.24) is 4.90 Å². The molecule has 1 rings (SSSR count). The molecule has 0 aromatic carbocycles. The van der Waals surface area contributed by atoms with E-state index in [1.807, 2.05) is 6.92 Å². The van der Waals surface area contributed by atoms with Gasteiger partial charge in [-0.25, -0.2) is 0 Å². The van der Waals surface area contributed by atoms with E-state index in [0.29, 0.717) is 19.1 Å². The first-order valence-electron chi connectivity index (χ1n) is 6.47. The van der Waals surface area contributed by atoms with Crippen LogP contribution in [0.15, 0.2) is 0 Å². The first kappa shape index (κ1) is 13.5. The predicted octanol–water partition coefficient (Wildman–Crippen LogP) is 2.45. The molecule has 3 nitrogen and oxygen atoms in total. The van der Waals surface area contributed by atoms with Crippen LogP contribution in [0, 0.1) is 5.92 Å². The van der Waals surface area contributed by atoms with Crippen molar-refractivity contribution in [2.24, 2.45) is 5.92 Å². The summed E-state index contributed by atoms with van der Waals surface area (Å²) in [4.78, 5) is 13.6. The molecule has 94 valence electrons. The molecule has 0 amide bonds. The average molecular weight is 227 g/mol. The van der Waals surface area contributed by atoms with Crippen LogP contribution in [0.1, 0.15) is 45.4 Å². The Hall–Kier alpha value is -0.570. The maximum absolute atomic E-state index is 11.3. The second kappa shape index (κ2) is 6.89. The predicted molar refractivity (Wildman–Crippen MR) is 65.3 cm³/mol. The van der Waals surface area contributed by atoms with Crippen molar-refractivity contribution >= 4 is 5.97 Å². The Morgan fingerprint density at radius 1 is 1.38 bits per heavy atom. The zero-order valence-electron chi connectivity index (χ0n) is 10.9. The van der Waals surface area contributed by atoms with E-state index < -0.39 is 0 Å². The fraction of sp³-hybridized carbons (Fsp3) is 0.923. The summed E-state index contributed by atoms with van der Waals surface area (Å²) in [6.07, 6.45) is 6.86. The molecule has 0 aromatic heterocycles. The molecule has 0 unspecified atom stereocenters. The number of carbonyl (C=O) groups excluding carboxylic acids is 1. The zero-order chi connectivity index (χ0) is 12.0. The van der Waals surface area contributed by atoms with Gasteiger partial charge in [0.2, 0.25) is 0 Å². The number of ether oxygens (including phenoxy) is 1. The third-order valence-electron chi connectivity index (χ3n) is 3.56. The highest BCUT2D eigenvalue weighted by molar-refractivity contribution is 5.69. The molecule has 1 saturated carbocycles. The second-order valence-corrected chi connectivity index (χ2v) is 4.92. The van der Waals surface area contributed by atoms with Crippen molar-refractivity contribution < 1.29 is 9.53 Å². The summed E-state index contributed by atoms with van der Waals surface area (Å²) in [5.41, 5.74) is 0. The highest BCUT2D eigenvalue weighted by Crippen LogP contribution is 2.31. The van der Waals surface area contributed by atoms with E-state index in [4.69, 9.17) is 4.74 Å². The van der Waals surface area contributed by atoms with E-state index in [1.54, 1.807) is 0 Å². The lowest BCUT2D eigenvalue weighted by Gasteiger charge is -2.29. The number of esters is 1. The minimum absolute atomic E-state index is 0.0488. The van der Waals surface area contributed by atoms with Crippen LogP contribution in [0.2, 0.25) is 0 Å². The minimum Gasteiger partial charge on any atom is -0.466 e. The highest BCUT2D eigenvalue weighted by Gasteiger charge is 2.26. The van der Waals surface area contributed by atoms with Crippen molar-refractivity contribution in [3.63, 3.8) is 0 Å². The van der Waals surface area contributed by atoms with E-state index >= 15 is 0 Å². The number of nitrogens with zero attached hydrogens (tertiary/aromatic N) is 1. The fourth-order valence-corrected chi connectivity index (χ4v) is 2.76. The summed E-state index contributed by atoms with van der Waals surface area (Å²) in [5, 5.41) is 0. The normalized spacial score (nSPS) is 19.0. The molecule has 0 bridgehead atoms. The van der Waals surface area contributed by atoms with E-state index in [9.17, 15) is 4.79 Å². The van der Waals surface area contributed by atoms with E-state index in [1.165, 1.54) is 25.7 Å². The molecule has 0 radical (unpaired) electrons. The standard InChI is InChI=1S/C13H25NO2/c1-4-16-13(15)10-9-12(14(2)3)11-7-5-6-8-11/h11-12H,4-10H2,1-3H3/t12-/m1/s1. The summed E-state index contributed by atoms with van der Waals surface area (Å²) < 4.78 is 4.98. The molecule has 0 aromatic rings. The molecule has 1 fully saturated rings. The van der Waals surface area contributed by atoms with Gasteiger partial charge in [0.1, 0.15) is 0 Å². The molecule has 1 aliphatic rings. The molecule has 0 heterocycles. The number of rotatable bonds is 6. The largest absolute Gasteiger partial charge is 0.466 e. The van der Waals surface area contributed by atoms with Gasteiger partial charge in [0.15, 0.2) is 0 Å². The maximum atomic E-state index is 11.3. The SMILES string of the molecule is CCOC(=O)CC[C@H](C1CCCC1)N(C)C. The molecule has 16 heavy (non-hydrogen) atoms. The first-order chi connectivity index (χ1) is 7.65. The van der Waals surface area contributed by atoms with Crippen LogP contribution in [0.25, 0.3) is 0 Å². The Kier molecular flexibility index (Phi) is 5.81. The van der Waals surface area contributed by atoms with E-state index in [2.05, 4.69) is 19.0 Å². The van der Waals surface area contributed by atoms with E-state index in [0.717, 1.165) is 12.3 Å². The van der Waals surface area contributed by atoms with Gasteiger partial charge in [-0.15, -0.1) is 0 Å². The van der Waals surface area contributed by atoms with Crippen LogP contribution in [-0.2, 0) is 9.53 Å². The number of hydrogen-bond donors (Lipinski definition) is 0. The summed E-state index contributed by atoms with van der Waals surface area (Å²) in [6, 6.07) is 0.548. The molecule has 1 aliphatic carbocycles. The number of carbonyl (C=O) groups is 1. The summed E-state index contributed by atoms with van der Waals surface area (Å²) >= 11 is 0. The van der Waals surface area contributed by atoms with Crippen LogP contribution in [0.3, 0.4) is 0 Å². The van der Waals surface area contributed by atoms with Gasteiger partial charge >= 0.3 is 5.97 Å². The Balaban J connectivity index is 2.36. The number of hydrogen-bond acceptors (Lipinski definition) is 3. The summed E-state index contributed by atoms with van der Waals surface area (Å²) in [5.74, 6) is 0.733. The molecule has 0 N–H and O–H groups in total. The van der Waals surface area contributed by atoms with Crippen LogP contribution < -0.4 is 0 Å². The highest BCUT2D eigenvalue weighted by atomic mass is 16.5. The second-order valence-electron chi connectivity index (χ2n) is 4.92. The summed E-state index contributed by atoms with van der Waals surface area (Å²) in [7, 11) is 4.24. The Morgan fingerprint density at radius 2 is 2.00 bits per heavy atom. The maximum Gasteiger partial charge on any atom is 0.305 e. The van der Waals surface area contributed by atoms with E-state index in [-0.39, 0.29) is 5.97 Å². The lowest BCUT2D eigenvalue weighted by molar-refractivity contribution is -0.143. The van der Waals surface area contributed by atoms with Gasteiger partial charge < -0.3 is 9.64 Å². The zero-order valence-corrected chi connectivity index (χ0v) is 10.9. The van der Waals surface area contributed by atoms with Gasteiger partial charge in [0, 0.05) is 12.5 Å². The molecule has 0 spiro atoms. The first-order valence-corrected chi connectivity index (χ1v) is 6.47. The Labute approximate surface area is 99.1 Å². The topological polar surface area (TPSA) is 29.5 Å². The third kappa shape index (κ3) is 4.12. The Morgan fingerprint density at radius 3 is 2.50 bits per heavy atom. The van der Waals surface area contributed by atoms with Crippen molar-refractivity contribution in [3.8, 4) is 0 Å². The van der Waals surface area contributed by atoms with Gasteiger partial charge in [-0.1, -0.05) is 12.8 Å². The smallest absolute Gasteiger partial charge is 0.305 e. The van der Waals surface area contributed by atoms with Gasteiger partial charge in [0.05, 0.1) is 6.61 Å². The third-order valence-corrected chi connectivity index (χ3v) is 3.56. The molecule has 3 heteroatoms. The molecular weight excluding hydrogens is 202 g/mol. The van der Waals surface area contributed by atoms with Crippen molar-refractivity contribution in [2.45, 2.75) is 51.5 Å². The van der Waals surface area contributed by atoms with Crippen LogP contribution >= 0.6 is 0 Å².